The van der Waals surface area contributed by atoms with Crippen molar-refractivity contribution in [2.75, 3.05) is 6.61 Å². The van der Waals surface area contributed by atoms with Crippen LogP contribution in [0.2, 0.25) is 0 Å². The molecule has 0 saturated heterocycles. The van der Waals surface area contributed by atoms with Crippen molar-refractivity contribution in [1.82, 2.24) is 0 Å². The van der Waals surface area contributed by atoms with Gasteiger partial charge in [0.25, 0.3) is 0 Å². The van der Waals surface area contributed by atoms with E-state index in [1.807, 2.05) is 18.2 Å². The third kappa shape index (κ3) is 2.09. The molecule has 0 bridgehead atoms. The normalized spacial score (nSPS) is 13.1. The topological polar surface area (TPSA) is 54.4 Å². The first-order valence-corrected chi connectivity index (χ1v) is 7.55. The van der Waals surface area contributed by atoms with Gasteiger partial charge in [-0.05, 0) is 34.9 Å². The highest BCUT2D eigenvalue weighted by Crippen LogP contribution is 2.31. The molecule has 3 heteroatoms. The number of benzene rings is 3. The SMILES string of the molecule is O=C1c2ccccc2C(=O)c2cc3cc(CCO)ccc3cc21. The van der Waals surface area contributed by atoms with Crippen LogP contribution in [0.5, 0.6) is 0 Å². The molecule has 4 rings (SSSR count). The van der Waals surface area contributed by atoms with Crippen molar-refractivity contribution in [3.63, 3.8) is 0 Å². The summed E-state index contributed by atoms with van der Waals surface area (Å²) in [5, 5.41) is 10.9. The van der Waals surface area contributed by atoms with Gasteiger partial charge in [0.05, 0.1) is 0 Å². The molecule has 3 aromatic carbocycles. The van der Waals surface area contributed by atoms with Crippen LogP contribution in [0.15, 0.2) is 54.6 Å². The lowest BCUT2D eigenvalue weighted by molar-refractivity contribution is 0.0979. The summed E-state index contributed by atoms with van der Waals surface area (Å²) in [6, 6.07) is 16.4. The summed E-state index contributed by atoms with van der Waals surface area (Å²) < 4.78 is 0. The van der Waals surface area contributed by atoms with Gasteiger partial charge in [-0.3, -0.25) is 9.59 Å². The van der Waals surface area contributed by atoms with Crippen molar-refractivity contribution in [2.24, 2.45) is 0 Å². The number of ketones is 2. The summed E-state index contributed by atoms with van der Waals surface area (Å²) in [6.07, 6.45) is 0.572. The molecule has 0 atom stereocenters. The fraction of sp³-hybridized carbons (Fsp3) is 0.100. The molecular weight excluding hydrogens is 288 g/mol. The zero-order valence-corrected chi connectivity index (χ0v) is 12.4. The number of aliphatic hydroxyl groups is 1. The minimum absolute atomic E-state index is 0.0846. The zero-order valence-electron chi connectivity index (χ0n) is 12.4. The second kappa shape index (κ2) is 5.14. The molecule has 0 unspecified atom stereocenters. The molecule has 1 aliphatic rings. The number of carbonyl (C=O) groups excluding carboxylic acids is 2. The summed E-state index contributed by atoms with van der Waals surface area (Å²) in [5.74, 6) is -0.207. The highest BCUT2D eigenvalue weighted by Gasteiger charge is 2.29. The van der Waals surface area contributed by atoms with Gasteiger partial charge in [0.2, 0.25) is 0 Å². The maximum atomic E-state index is 12.7. The Kier molecular flexibility index (Phi) is 3.10. The smallest absolute Gasteiger partial charge is 0.194 e. The van der Waals surface area contributed by atoms with Gasteiger partial charge >= 0.3 is 0 Å². The fourth-order valence-corrected chi connectivity index (χ4v) is 3.18. The molecular formula is C20H14O3. The Labute approximate surface area is 133 Å². The van der Waals surface area contributed by atoms with Crippen molar-refractivity contribution in [3.05, 3.63) is 82.4 Å². The summed E-state index contributed by atoms with van der Waals surface area (Å²) in [6.45, 7) is 0.0846. The van der Waals surface area contributed by atoms with Crippen LogP contribution in [0.4, 0.5) is 0 Å². The van der Waals surface area contributed by atoms with E-state index in [-0.39, 0.29) is 18.2 Å². The fourth-order valence-electron chi connectivity index (χ4n) is 3.18. The molecule has 3 aromatic rings. The molecule has 3 nitrogen and oxygen atoms in total. The summed E-state index contributed by atoms with van der Waals surface area (Å²) in [4.78, 5) is 25.4. The lowest BCUT2D eigenvalue weighted by Crippen LogP contribution is -2.20. The quantitative estimate of drug-likeness (QED) is 0.619. The van der Waals surface area contributed by atoms with Gasteiger partial charge in [0, 0.05) is 28.9 Å². The van der Waals surface area contributed by atoms with E-state index in [1.54, 1.807) is 36.4 Å². The predicted octanol–water partition coefficient (Wildman–Crippen LogP) is 3.15. The predicted molar refractivity (Wildman–Crippen MR) is 88.0 cm³/mol. The van der Waals surface area contributed by atoms with Crippen molar-refractivity contribution in [2.45, 2.75) is 6.42 Å². The third-order valence-electron chi connectivity index (χ3n) is 4.35. The van der Waals surface area contributed by atoms with Gasteiger partial charge in [0.1, 0.15) is 0 Å². The molecule has 1 N–H and O–H groups in total. The zero-order chi connectivity index (χ0) is 16.0. The average molecular weight is 302 g/mol. The largest absolute Gasteiger partial charge is 0.396 e. The Hall–Kier alpha value is -2.78. The third-order valence-corrected chi connectivity index (χ3v) is 4.35. The summed E-state index contributed by atoms with van der Waals surface area (Å²) in [7, 11) is 0. The van der Waals surface area contributed by atoms with Crippen LogP contribution in [0.25, 0.3) is 10.8 Å². The van der Waals surface area contributed by atoms with Crippen molar-refractivity contribution >= 4 is 22.3 Å². The standard InChI is InChI=1S/C20H14O3/c21-8-7-12-5-6-13-10-17-18(11-14(13)9-12)20(23)16-4-2-1-3-15(16)19(17)22/h1-6,9-11,21H,7-8H2. The lowest BCUT2D eigenvalue weighted by Gasteiger charge is -2.18. The number of rotatable bonds is 2. The second-order valence-corrected chi connectivity index (χ2v) is 5.76. The van der Waals surface area contributed by atoms with Gasteiger partial charge < -0.3 is 5.11 Å². The van der Waals surface area contributed by atoms with E-state index in [0.29, 0.717) is 28.7 Å². The van der Waals surface area contributed by atoms with Gasteiger partial charge in [-0.2, -0.15) is 0 Å². The van der Waals surface area contributed by atoms with Crippen LogP contribution in [0, 0.1) is 0 Å². The number of fused-ring (bicyclic) bond motifs is 3. The first-order chi connectivity index (χ1) is 11.2. The number of carbonyl (C=O) groups is 2. The van der Waals surface area contributed by atoms with E-state index in [9.17, 15) is 9.59 Å². The Morgan fingerprint density at radius 2 is 1.30 bits per heavy atom. The molecule has 0 aromatic heterocycles. The molecule has 23 heavy (non-hydrogen) atoms. The molecule has 0 radical (unpaired) electrons. The van der Waals surface area contributed by atoms with Crippen LogP contribution in [-0.2, 0) is 6.42 Å². The Morgan fingerprint density at radius 3 is 1.91 bits per heavy atom. The van der Waals surface area contributed by atoms with E-state index in [2.05, 4.69) is 0 Å². The van der Waals surface area contributed by atoms with Crippen molar-refractivity contribution in [3.8, 4) is 0 Å². The number of hydrogen-bond acceptors (Lipinski definition) is 3. The Morgan fingerprint density at radius 1 is 0.696 bits per heavy atom. The average Bonchev–Trinajstić information content (AvgIpc) is 2.59. The maximum Gasteiger partial charge on any atom is 0.194 e. The molecule has 0 aliphatic heterocycles. The molecule has 0 saturated carbocycles. The van der Waals surface area contributed by atoms with Gasteiger partial charge in [0.15, 0.2) is 11.6 Å². The van der Waals surface area contributed by atoms with Gasteiger partial charge in [-0.1, -0.05) is 42.5 Å². The first kappa shape index (κ1) is 13.9. The van der Waals surface area contributed by atoms with Gasteiger partial charge in [-0.25, -0.2) is 0 Å². The summed E-state index contributed by atoms with van der Waals surface area (Å²) in [5.41, 5.74) is 2.88. The highest BCUT2D eigenvalue weighted by atomic mass is 16.3. The Bertz CT molecular complexity index is 970. The molecule has 0 amide bonds. The molecule has 1 aliphatic carbocycles. The van der Waals surface area contributed by atoms with E-state index in [4.69, 9.17) is 5.11 Å². The van der Waals surface area contributed by atoms with Crippen LogP contribution in [-0.4, -0.2) is 23.3 Å². The first-order valence-electron chi connectivity index (χ1n) is 7.55. The van der Waals surface area contributed by atoms with E-state index >= 15 is 0 Å². The van der Waals surface area contributed by atoms with Crippen LogP contribution < -0.4 is 0 Å². The van der Waals surface area contributed by atoms with Gasteiger partial charge in [-0.15, -0.1) is 0 Å². The number of aliphatic hydroxyl groups excluding tert-OH is 1. The minimum Gasteiger partial charge on any atom is -0.396 e. The summed E-state index contributed by atoms with van der Waals surface area (Å²) >= 11 is 0. The molecule has 112 valence electrons. The van der Waals surface area contributed by atoms with E-state index < -0.39 is 0 Å². The van der Waals surface area contributed by atoms with Crippen LogP contribution >= 0.6 is 0 Å². The van der Waals surface area contributed by atoms with E-state index in [1.165, 1.54) is 0 Å². The minimum atomic E-state index is -0.107. The second-order valence-electron chi connectivity index (χ2n) is 5.76. The maximum absolute atomic E-state index is 12.7. The molecule has 0 fully saturated rings. The van der Waals surface area contributed by atoms with Crippen LogP contribution in [0.1, 0.15) is 37.4 Å². The molecule has 0 spiro atoms. The lowest BCUT2D eigenvalue weighted by atomic mass is 9.82. The molecule has 0 heterocycles. The Balaban J connectivity index is 1.95. The number of hydrogen-bond donors (Lipinski definition) is 1. The monoisotopic (exact) mass is 302 g/mol. The van der Waals surface area contributed by atoms with Crippen LogP contribution in [0.3, 0.4) is 0 Å². The van der Waals surface area contributed by atoms with E-state index in [0.717, 1.165) is 16.3 Å². The van der Waals surface area contributed by atoms with Crippen molar-refractivity contribution in [1.29, 1.82) is 0 Å². The highest BCUT2D eigenvalue weighted by molar-refractivity contribution is 6.29. The van der Waals surface area contributed by atoms with Crippen molar-refractivity contribution < 1.29 is 14.7 Å².